The lowest BCUT2D eigenvalue weighted by Crippen LogP contribution is -1.94. The smallest absolute Gasteiger partial charge is 0.00912 e. The first-order valence-electron chi connectivity index (χ1n) is 6.85. The second kappa shape index (κ2) is 12.6. The SMILES string of the molecule is [CH2]CCC#CCCC(C)CCCCCC[CH2]. The van der Waals surface area contributed by atoms with E-state index in [9.17, 15) is 0 Å². The van der Waals surface area contributed by atoms with Gasteiger partial charge in [0, 0.05) is 12.8 Å². The van der Waals surface area contributed by atoms with Crippen molar-refractivity contribution in [2.45, 2.75) is 71.1 Å². The van der Waals surface area contributed by atoms with E-state index >= 15 is 0 Å². The summed E-state index contributed by atoms with van der Waals surface area (Å²) in [7, 11) is 0. The molecule has 0 saturated heterocycles. The quantitative estimate of drug-likeness (QED) is 0.370. The van der Waals surface area contributed by atoms with Crippen molar-refractivity contribution in [1.82, 2.24) is 0 Å². The highest BCUT2D eigenvalue weighted by Gasteiger charge is 2.00. The van der Waals surface area contributed by atoms with Crippen LogP contribution in [-0.4, -0.2) is 0 Å². The van der Waals surface area contributed by atoms with E-state index in [0.717, 1.165) is 31.6 Å². The third kappa shape index (κ3) is 11.6. The standard InChI is InChI=1S/C16H28/c1-4-6-8-10-12-14-16(3)15-13-11-9-7-5-2/h16H,1-2,4-8,10,12-15H2,3H3. The van der Waals surface area contributed by atoms with E-state index in [0.29, 0.717) is 0 Å². The van der Waals surface area contributed by atoms with E-state index in [1.54, 1.807) is 0 Å². The Kier molecular flexibility index (Phi) is 12.3. The minimum Gasteiger partial charge on any atom is -0.103 e. The average molecular weight is 220 g/mol. The van der Waals surface area contributed by atoms with Crippen LogP contribution in [0.1, 0.15) is 71.1 Å². The van der Waals surface area contributed by atoms with Gasteiger partial charge < -0.3 is 0 Å². The van der Waals surface area contributed by atoms with Crippen LogP contribution in [0.5, 0.6) is 0 Å². The van der Waals surface area contributed by atoms with Gasteiger partial charge in [0.15, 0.2) is 0 Å². The molecule has 0 aliphatic rings. The summed E-state index contributed by atoms with van der Waals surface area (Å²) in [6, 6.07) is 0. The molecule has 0 aliphatic heterocycles. The van der Waals surface area contributed by atoms with Crippen molar-refractivity contribution in [3.05, 3.63) is 13.8 Å². The Labute approximate surface area is 103 Å². The minimum absolute atomic E-state index is 0.841. The first-order valence-corrected chi connectivity index (χ1v) is 6.85. The van der Waals surface area contributed by atoms with Crippen LogP contribution in [0.3, 0.4) is 0 Å². The van der Waals surface area contributed by atoms with E-state index in [1.165, 1.54) is 38.5 Å². The van der Waals surface area contributed by atoms with E-state index in [4.69, 9.17) is 0 Å². The Hall–Kier alpha value is -0.440. The molecule has 0 saturated carbocycles. The molecule has 0 amide bonds. The van der Waals surface area contributed by atoms with Gasteiger partial charge >= 0.3 is 0 Å². The van der Waals surface area contributed by atoms with Gasteiger partial charge in [0.2, 0.25) is 0 Å². The molecule has 92 valence electrons. The van der Waals surface area contributed by atoms with Crippen molar-refractivity contribution >= 4 is 0 Å². The lowest BCUT2D eigenvalue weighted by molar-refractivity contribution is 0.464. The van der Waals surface area contributed by atoms with Gasteiger partial charge in [-0.25, -0.2) is 0 Å². The molecule has 0 rings (SSSR count). The predicted octanol–water partition coefficient (Wildman–Crippen LogP) is 5.20. The summed E-state index contributed by atoms with van der Waals surface area (Å²) >= 11 is 0. The molecular weight excluding hydrogens is 192 g/mol. The second-order valence-electron chi connectivity index (χ2n) is 4.66. The Morgan fingerprint density at radius 2 is 1.50 bits per heavy atom. The van der Waals surface area contributed by atoms with E-state index in [2.05, 4.69) is 32.6 Å². The summed E-state index contributed by atoms with van der Waals surface area (Å²) in [5, 5.41) is 0. The Balaban J connectivity index is 3.25. The summed E-state index contributed by atoms with van der Waals surface area (Å²) in [5.74, 6) is 7.23. The molecule has 0 spiro atoms. The van der Waals surface area contributed by atoms with Gasteiger partial charge in [-0.05, 0) is 18.8 Å². The fourth-order valence-corrected chi connectivity index (χ4v) is 1.75. The highest BCUT2D eigenvalue weighted by Crippen LogP contribution is 2.15. The molecule has 0 aromatic rings. The van der Waals surface area contributed by atoms with E-state index < -0.39 is 0 Å². The average Bonchev–Trinajstić information content (AvgIpc) is 2.28. The van der Waals surface area contributed by atoms with Crippen LogP contribution in [0, 0.1) is 31.6 Å². The first-order chi connectivity index (χ1) is 7.81. The zero-order valence-electron chi connectivity index (χ0n) is 11.1. The van der Waals surface area contributed by atoms with E-state index in [1.807, 2.05) is 0 Å². The van der Waals surface area contributed by atoms with Crippen molar-refractivity contribution in [2.75, 3.05) is 0 Å². The maximum Gasteiger partial charge on any atom is 0.00912 e. The monoisotopic (exact) mass is 220 g/mol. The molecule has 0 nitrogen and oxygen atoms in total. The molecule has 0 bridgehead atoms. The van der Waals surface area contributed by atoms with Gasteiger partial charge in [0.05, 0.1) is 0 Å². The van der Waals surface area contributed by atoms with Gasteiger partial charge in [-0.1, -0.05) is 59.3 Å². The summed E-state index contributed by atoms with van der Waals surface area (Å²) in [5.41, 5.74) is 0. The topological polar surface area (TPSA) is 0 Å². The van der Waals surface area contributed by atoms with Gasteiger partial charge in [0.1, 0.15) is 0 Å². The maximum atomic E-state index is 3.86. The molecule has 0 aliphatic carbocycles. The van der Waals surface area contributed by atoms with Gasteiger partial charge in [0.25, 0.3) is 0 Å². The molecule has 2 radical (unpaired) electrons. The zero-order chi connectivity index (χ0) is 12.1. The number of hydrogen-bond acceptors (Lipinski definition) is 0. The van der Waals surface area contributed by atoms with E-state index in [-0.39, 0.29) is 0 Å². The first kappa shape index (κ1) is 15.6. The fraction of sp³-hybridized carbons (Fsp3) is 0.750. The molecule has 0 fully saturated rings. The Morgan fingerprint density at radius 1 is 0.812 bits per heavy atom. The molecule has 0 N–H and O–H groups in total. The van der Waals surface area contributed by atoms with Crippen molar-refractivity contribution in [3.8, 4) is 11.8 Å². The van der Waals surface area contributed by atoms with Crippen molar-refractivity contribution in [3.63, 3.8) is 0 Å². The lowest BCUT2D eigenvalue weighted by atomic mass is 9.98. The maximum absolute atomic E-state index is 3.86. The lowest BCUT2D eigenvalue weighted by Gasteiger charge is -2.08. The normalized spacial score (nSPS) is 11.9. The van der Waals surface area contributed by atoms with Crippen LogP contribution >= 0.6 is 0 Å². The van der Waals surface area contributed by atoms with Crippen LogP contribution in [0.25, 0.3) is 0 Å². The molecule has 0 heterocycles. The van der Waals surface area contributed by atoms with Gasteiger partial charge in [-0.15, -0.1) is 11.8 Å². The molecule has 0 heteroatoms. The summed E-state index contributed by atoms with van der Waals surface area (Å²) in [4.78, 5) is 0. The van der Waals surface area contributed by atoms with Gasteiger partial charge in [-0.3, -0.25) is 0 Å². The highest BCUT2D eigenvalue weighted by atomic mass is 14.1. The van der Waals surface area contributed by atoms with Crippen LogP contribution < -0.4 is 0 Å². The molecule has 1 unspecified atom stereocenters. The second-order valence-corrected chi connectivity index (χ2v) is 4.66. The third-order valence-corrected chi connectivity index (χ3v) is 2.89. The van der Waals surface area contributed by atoms with Gasteiger partial charge in [-0.2, -0.15) is 0 Å². The molecular formula is C16H28. The number of hydrogen-bond donors (Lipinski definition) is 0. The number of unbranched alkanes of at least 4 members (excludes halogenated alkanes) is 5. The van der Waals surface area contributed by atoms with Crippen molar-refractivity contribution < 1.29 is 0 Å². The van der Waals surface area contributed by atoms with Crippen LogP contribution in [0.15, 0.2) is 0 Å². The van der Waals surface area contributed by atoms with Crippen LogP contribution in [-0.2, 0) is 0 Å². The molecule has 1 atom stereocenters. The summed E-state index contributed by atoms with van der Waals surface area (Å²) < 4.78 is 0. The molecule has 16 heavy (non-hydrogen) atoms. The Morgan fingerprint density at radius 3 is 2.19 bits per heavy atom. The zero-order valence-corrected chi connectivity index (χ0v) is 11.1. The Bertz CT molecular complexity index is 182. The summed E-state index contributed by atoms with van der Waals surface area (Å²) in [6.07, 6.45) is 12.1. The minimum atomic E-state index is 0.841. The fourth-order valence-electron chi connectivity index (χ4n) is 1.75. The number of rotatable bonds is 9. The summed E-state index contributed by atoms with van der Waals surface area (Å²) in [6.45, 7) is 9.99. The van der Waals surface area contributed by atoms with Crippen molar-refractivity contribution in [2.24, 2.45) is 5.92 Å². The van der Waals surface area contributed by atoms with Crippen molar-refractivity contribution in [1.29, 1.82) is 0 Å². The highest BCUT2D eigenvalue weighted by molar-refractivity contribution is 4.98. The largest absolute Gasteiger partial charge is 0.103 e. The van der Waals surface area contributed by atoms with Crippen LogP contribution in [0.4, 0.5) is 0 Å². The third-order valence-electron chi connectivity index (χ3n) is 2.89. The molecule has 0 aromatic heterocycles. The van der Waals surface area contributed by atoms with Crippen LogP contribution in [0.2, 0.25) is 0 Å². The predicted molar refractivity (Wildman–Crippen MR) is 73.8 cm³/mol. The molecule has 0 aromatic carbocycles.